The van der Waals surface area contributed by atoms with Gasteiger partial charge in [0.15, 0.2) is 0 Å². The summed E-state index contributed by atoms with van der Waals surface area (Å²) in [4.78, 5) is 82.4. The van der Waals surface area contributed by atoms with Crippen LogP contribution in [0.1, 0.15) is 105 Å². The lowest BCUT2D eigenvalue weighted by Gasteiger charge is -2.45. The highest BCUT2D eigenvalue weighted by molar-refractivity contribution is 6.39. The summed E-state index contributed by atoms with van der Waals surface area (Å²) in [7, 11) is 1.54. The number of rotatable bonds is 7. The number of piperidine rings is 1. The van der Waals surface area contributed by atoms with Gasteiger partial charge in [-0.1, -0.05) is 44.6 Å². The Morgan fingerprint density at radius 3 is 2.32 bits per heavy atom. The molecule has 0 aromatic rings. The monoisotopic (exact) mass is 799 g/mol. The van der Waals surface area contributed by atoms with Crippen LogP contribution in [0.5, 0.6) is 0 Å². The first-order valence-electron chi connectivity index (χ1n) is 20.7. The number of fused-ring (bicyclic) bond motifs is 3. The second-order valence-corrected chi connectivity index (χ2v) is 17.3. The van der Waals surface area contributed by atoms with Crippen molar-refractivity contribution in [2.45, 2.75) is 148 Å². The molecule has 13 heteroatoms. The molecule has 14 atom stereocenters. The van der Waals surface area contributed by atoms with E-state index >= 15 is 0 Å². The third-order valence-corrected chi connectivity index (χ3v) is 12.8. The molecular weight excluding hydrogens is 734 g/mol. The summed E-state index contributed by atoms with van der Waals surface area (Å²) in [5.74, 6) is -10.4. The van der Waals surface area contributed by atoms with Crippen LogP contribution in [0.15, 0.2) is 36.0 Å². The maximum Gasteiger partial charge on any atom is 0.329 e. The van der Waals surface area contributed by atoms with Gasteiger partial charge in [-0.15, -0.1) is 6.58 Å². The van der Waals surface area contributed by atoms with Crippen LogP contribution in [0.4, 0.5) is 0 Å². The minimum atomic E-state index is -2.67. The summed E-state index contributed by atoms with van der Waals surface area (Å²) in [6.07, 6.45) is 5.95. The van der Waals surface area contributed by atoms with E-state index in [4.69, 9.17) is 14.2 Å². The molecule has 4 aliphatic rings. The molecule has 0 aromatic carbocycles. The minimum absolute atomic E-state index is 0.0171. The van der Waals surface area contributed by atoms with E-state index < -0.39 is 83.5 Å². The summed E-state index contributed by atoms with van der Waals surface area (Å²) < 4.78 is 17.8. The Kier molecular flexibility index (Phi) is 16.7. The molecule has 0 aromatic heterocycles. The average molecular weight is 800 g/mol. The van der Waals surface area contributed by atoms with E-state index in [0.717, 1.165) is 10.5 Å². The number of esters is 1. The van der Waals surface area contributed by atoms with Crippen LogP contribution in [-0.4, -0.2) is 112 Å². The van der Waals surface area contributed by atoms with Crippen molar-refractivity contribution >= 4 is 36.0 Å². The Balaban J connectivity index is 1.78. The molecule has 2 bridgehead atoms. The highest BCUT2D eigenvalue weighted by atomic mass is 16.6. The van der Waals surface area contributed by atoms with Crippen molar-refractivity contribution in [2.75, 3.05) is 13.7 Å². The number of amides is 1. The molecule has 1 saturated carbocycles. The lowest BCUT2D eigenvalue weighted by molar-refractivity contribution is -0.278. The minimum Gasteiger partial charge on any atom is -0.456 e. The number of carbonyl (C=O) groups excluding carboxylic acids is 6. The number of carbonyl (C=O) groups is 6. The van der Waals surface area contributed by atoms with Crippen LogP contribution >= 0.6 is 0 Å². The van der Waals surface area contributed by atoms with Crippen LogP contribution < -0.4 is 0 Å². The predicted molar refractivity (Wildman–Crippen MR) is 210 cm³/mol. The van der Waals surface area contributed by atoms with Crippen LogP contribution in [0.2, 0.25) is 0 Å². The number of aliphatic hydroxyl groups is 3. The number of ether oxygens (including phenoxy) is 3. The van der Waals surface area contributed by atoms with E-state index in [-0.39, 0.29) is 56.0 Å². The van der Waals surface area contributed by atoms with E-state index in [0.29, 0.717) is 63.1 Å². The number of hydrogen-bond donors (Lipinski definition) is 3. The van der Waals surface area contributed by atoms with Crippen molar-refractivity contribution in [1.82, 2.24) is 4.90 Å². The molecule has 4 rings (SSSR count). The Bertz CT molecular complexity index is 1540. The molecule has 13 nitrogen and oxygen atoms in total. The molecule has 3 fully saturated rings. The lowest BCUT2D eigenvalue weighted by atomic mass is 9.75. The summed E-state index contributed by atoms with van der Waals surface area (Å²) in [5, 5.41) is 34.0. The molecule has 3 aliphatic heterocycles. The zero-order valence-corrected chi connectivity index (χ0v) is 34.5. The fraction of sp³-hybridized carbons (Fsp3) is 0.727. The number of allylic oxidation sites excluding steroid dienone is 4. The van der Waals surface area contributed by atoms with Crippen LogP contribution in [-0.2, 0) is 43.0 Å². The van der Waals surface area contributed by atoms with Crippen LogP contribution in [0.3, 0.4) is 0 Å². The first-order valence-corrected chi connectivity index (χ1v) is 20.7. The van der Waals surface area contributed by atoms with Gasteiger partial charge in [-0.2, -0.15) is 0 Å². The molecule has 57 heavy (non-hydrogen) atoms. The number of aldehydes is 2. The maximum atomic E-state index is 14.3. The summed E-state index contributed by atoms with van der Waals surface area (Å²) in [5.41, 5.74) is 1.48. The first kappa shape index (κ1) is 46.3. The topological polar surface area (TPSA) is 194 Å². The van der Waals surface area contributed by atoms with Crippen LogP contribution in [0.25, 0.3) is 0 Å². The van der Waals surface area contributed by atoms with Gasteiger partial charge in [0.25, 0.3) is 11.7 Å². The Hall–Kier alpha value is -3.36. The quantitative estimate of drug-likeness (QED) is 0.144. The van der Waals surface area contributed by atoms with E-state index in [1.807, 2.05) is 26.0 Å². The zero-order valence-electron chi connectivity index (χ0n) is 34.5. The van der Waals surface area contributed by atoms with Crippen molar-refractivity contribution < 1.29 is 58.3 Å². The average Bonchev–Trinajstić information content (AvgIpc) is 3.18. The Morgan fingerprint density at radius 1 is 0.982 bits per heavy atom. The second-order valence-electron chi connectivity index (χ2n) is 17.3. The fourth-order valence-corrected chi connectivity index (χ4v) is 9.46. The number of aliphatic hydroxyl groups excluding tert-OH is 2. The Labute approximate surface area is 337 Å². The first-order chi connectivity index (χ1) is 27.0. The van der Waals surface area contributed by atoms with E-state index in [1.54, 1.807) is 27.0 Å². The number of ketones is 2. The largest absolute Gasteiger partial charge is 0.456 e. The molecule has 14 unspecified atom stereocenters. The SMILES string of the molecule is C=CCC1/C=C(\C)CC(C)CC(C=O)C2OC(O)(C(=O)C(=O)N3CCCCC3C(=O)OC(/C(C)=C/C3CCC(O)C(OC)C3)C(C)C(O)CC1=O)C(C)CC2C=O. The summed E-state index contributed by atoms with van der Waals surface area (Å²) in [6.45, 7) is 12.6. The Morgan fingerprint density at radius 2 is 1.67 bits per heavy atom. The van der Waals surface area contributed by atoms with Gasteiger partial charge < -0.3 is 44.0 Å². The van der Waals surface area contributed by atoms with Gasteiger partial charge in [-0.05, 0) is 95.5 Å². The number of hydrogen-bond acceptors (Lipinski definition) is 12. The third-order valence-electron chi connectivity index (χ3n) is 12.8. The van der Waals surface area contributed by atoms with E-state index in [1.165, 1.54) is 6.92 Å². The normalized spacial score (nSPS) is 40.8. The van der Waals surface area contributed by atoms with Crippen molar-refractivity contribution in [2.24, 2.45) is 41.4 Å². The highest BCUT2D eigenvalue weighted by Gasteiger charge is 2.56. The van der Waals surface area contributed by atoms with Gasteiger partial charge in [-0.3, -0.25) is 14.4 Å². The van der Waals surface area contributed by atoms with Gasteiger partial charge in [0.05, 0.1) is 24.4 Å². The van der Waals surface area contributed by atoms with Crippen LogP contribution in [0, 0.1) is 41.4 Å². The van der Waals surface area contributed by atoms with Crippen molar-refractivity contribution in [1.29, 1.82) is 0 Å². The second kappa shape index (κ2) is 20.6. The molecule has 318 valence electrons. The summed E-state index contributed by atoms with van der Waals surface area (Å²) in [6, 6.07) is -1.21. The molecule has 1 amide bonds. The van der Waals surface area contributed by atoms with Crippen molar-refractivity contribution in [3.05, 3.63) is 36.0 Å². The molecule has 3 heterocycles. The van der Waals surface area contributed by atoms with Gasteiger partial charge in [0.1, 0.15) is 30.5 Å². The van der Waals surface area contributed by atoms with Crippen molar-refractivity contribution in [3.8, 4) is 0 Å². The van der Waals surface area contributed by atoms with E-state index in [9.17, 15) is 44.1 Å². The maximum absolute atomic E-state index is 14.3. The number of nitrogens with zero attached hydrogens (tertiary/aromatic N) is 1. The molecule has 0 radical (unpaired) electrons. The molecule has 0 spiro atoms. The molecular formula is C44H65NO12. The fourth-order valence-electron chi connectivity index (χ4n) is 9.46. The lowest BCUT2D eigenvalue weighted by Crippen LogP contribution is -2.63. The van der Waals surface area contributed by atoms with Gasteiger partial charge in [0.2, 0.25) is 5.79 Å². The smallest absolute Gasteiger partial charge is 0.329 e. The third kappa shape index (κ3) is 11.0. The van der Waals surface area contributed by atoms with Gasteiger partial charge >= 0.3 is 5.97 Å². The molecule has 1 aliphatic carbocycles. The zero-order chi connectivity index (χ0) is 42.2. The summed E-state index contributed by atoms with van der Waals surface area (Å²) >= 11 is 0. The number of methoxy groups -OCH3 is 1. The van der Waals surface area contributed by atoms with E-state index in [2.05, 4.69) is 6.58 Å². The molecule has 2 saturated heterocycles. The molecule has 3 N–H and O–H groups in total. The highest BCUT2D eigenvalue weighted by Crippen LogP contribution is 2.41. The predicted octanol–water partition coefficient (Wildman–Crippen LogP) is 4.24. The van der Waals surface area contributed by atoms with Crippen molar-refractivity contribution in [3.63, 3.8) is 0 Å². The standard InChI is InChI=1S/C44H65NO12/c1-8-11-31-17-25(2)16-26(3)18-32(23-46)40-33(24-47)20-28(5)44(54,57-40)41(51)42(52)45-15-10-9-12-34(45)43(53)56-39(29(6)36(49)22-37(31)50)27(4)19-30-13-14-35(48)38(21-30)55-7/h8,17,19,23-24,26,28-36,38-40,48-49,54H,1,9-16,18,20-22H2,2-7H3/b25-17+,27-19+. The number of cyclic esters (lactones) is 1. The van der Waals surface area contributed by atoms with Gasteiger partial charge in [-0.25, -0.2) is 4.79 Å². The van der Waals surface area contributed by atoms with Gasteiger partial charge in [0, 0.05) is 49.7 Å². The number of Topliss-reactive ketones (excluding diaryl/α,β-unsaturated/α-hetero) is 2.